The normalized spacial score (nSPS) is 18.6. The molecule has 0 aliphatic rings. The molecule has 3 aromatic heterocycles. The molecule has 3 heterocycles. The van der Waals surface area contributed by atoms with Gasteiger partial charge < -0.3 is 4.74 Å². The molecule has 7 heteroatoms. The summed E-state index contributed by atoms with van der Waals surface area (Å²) in [5.41, 5.74) is -5.46. The highest BCUT2D eigenvalue weighted by Gasteiger charge is 2.43. The number of aromatic nitrogens is 4. The van der Waals surface area contributed by atoms with Crippen molar-refractivity contribution in [3.05, 3.63) is 393 Å². The Labute approximate surface area is 639 Å². The number of imidazole rings is 1. The van der Waals surface area contributed by atoms with E-state index in [-0.39, 0.29) is 34.1 Å². The molecular formula is C91H66N4OSi2. The second-order valence-electron chi connectivity index (χ2n) is 21.6. The summed E-state index contributed by atoms with van der Waals surface area (Å²) >= 11 is 0. The summed E-state index contributed by atoms with van der Waals surface area (Å²) in [5.74, 6) is -0.248. The van der Waals surface area contributed by atoms with E-state index in [1.54, 1.807) is 34.9 Å². The summed E-state index contributed by atoms with van der Waals surface area (Å²) in [4.78, 5) is 4.68. The molecule has 0 saturated heterocycles. The minimum Gasteiger partial charge on any atom is -0.458 e. The fraction of sp³-hybridized carbons (Fsp3) is 0.0110. The molecule has 17 rings (SSSR count). The van der Waals surface area contributed by atoms with Crippen molar-refractivity contribution in [1.29, 1.82) is 0 Å². The fourth-order valence-electron chi connectivity index (χ4n) is 12.4. The van der Waals surface area contributed by atoms with Crippen LogP contribution in [0.25, 0.3) is 83.4 Å². The molecule has 464 valence electrons. The number of hydrogen-bond acceptors (Lipinski definition) is 2. The molecule has 14 aromatic carbocycles. The van der Waals surface area contributed by atoms with Crippen LogP contribution < -0.4 is 50.8 Å². The molecule has 0 atom stereocenters. The molecule has 0 unspecified atom stereocenters. The van der Waals surface area contributed by atoms with Crippen molar-refractivity contribution < 1.29 is 73.7 Å². The third-order valence-electron chi connectivity index (χ3n) is 16.5. The van der Waals surface area contributed by atoms with Crippen molar-refractivity contribution in [2.24, 2.45) is 0 Å². The van der Waals surface area contributed by atoms with E-state index in [9.17, 15) is 43.9 Å². The van der Waals surface area contributed by atoms with E-state index in [1.807, 2.05) is 0 Å². The lowest BCUT2D eigenvalue weighted by Gasteiger charge is -2.34. The number of hydrogen-bond donors (Lipinski definition) is 0. The summed E-state index contributed by atoms with van der Waals surface area (Å²) in [5, 5.41) is -7.59. The van der Waals surface area contributed by atoms with Crippen LogP contribution in [0.5, 0.6) is 11.5 Å². The Bertz CT molecular complexity index is 8110. The standard InChI is InChI=1S/C91H66N4OSi2/c1-66-59-90(92-64-85(66)68-33-12-3-13-34-68)95-86-54-27-26-51-83(86)84-57-55-72(62-88(84)95)96-71-37-29-36-70(61-71)93-65-94(87-58-56-80(63-89(87)93)98(76-44-20-7-21-45-76,77-46-22-8-23-47-77)78-48-24-9-25-49-78)91-81(67-31-10-2-11-32-67)52-30-53-82(91)69-35-28-50-79(60-69)97(73-38-14-4-15-39-73,74-40-16-5-17-41-74)75-42-18-6-19-43-75/h2-64H,1H3/i1D3,2D,3D,4D,5D,6D,7D,8D,9D,10D,11D,12D,13D,14D,15D,16D,17D,18D,19D,20D,21D,22D,23D,24D,25D,28D,31D,32D,33D,34D,35D,38D,39D,40D,41D,42D,43D,44D,45D,46D,47D,48D,49D,50D,60D. The second-order valence-corrected chi connectivity index (χ2v) is 28.7. The Hall–Kier alpha value is -12.3. The molecule has 98 heavy (non-hydrogen) atoms. The summed E-state index contributed by atoms with van der Waals surface area (Å²) in [6, 6.07) is -26.9. The van der Waals surface area contributed by atoms with Crippen molar-refractivity contribution in [2.45, 2.75) is 6.85 Å². The minimum atomic E-state index is -6.76. The Morgan fingerprint density at radius 2 is 0.867 bits per heavy atom. The predicted octanol–water partition coefficient (Wildman–Crippen LogP) is 16.1. The number of benzene rings is 14. The first-order chi connectivity index (χ1) is 68.0. The Balaban J connectivity index is 1.05. The molecule has 0 bridgehead atoms. The molecular weight excluding hydrogens is 1220 g/mol. The van der Waals surface area contributed by atoms with Gasteiger partial charge in [0.15, 0.2) is 16.1 Å². The highest BCUT2D eigenvalue weighted by Crippen LogP contribution is 2.38. The second kappa shape index (κ2) is 25.5. The zero-order chi connectivity index (χ0) is 106. The average Bonchev–Trinajstić information content (AvgIpc) is 1.09. The lowest BCUT2D eigenvalue weighted by Crippen LogP contribution is -2.74. The van der Waals surface area contributed by atoms with Gasteiger partial charge in [0.1, 0.15) is 17.3 Å². The first-order valence-corrected chi connectivity index (χ1v) is 33.6. The number of ether oxygens (including phenoxy) is 1. The van der Waals surface area contributed by atoms with E-state index < -0.39 is 380 Å². The average molecular weight is 1340 g/mol. The highest BCUT2D eigenvalue weighted by atomic mass is 28.3. The zero-order valence-corrected chi connectivity index (χ0v) is 52.2. The Morgan fingerprint density at radius 3 is 1.44 bits per heavy atom. The number of aryl methyl sites for hydroxylation is 1. The van der Waals surface area contributed by atoms with Crippen molar-refractivity contribution in [3.63, 3.8) is 0 Å². The SMILES string of the molecule is [2H]c1c([2H])c([2H])c(-c2cnc(-n3c4ccccc4c4ccc(Oc5cccc(-n6[c-][n+](-c7c(-c8c([2H])c([2H])c([2H])c([2H])c8[2H])cccc7-c7c([2H])c([2H])c([2H])c([Si](c8c([2H])c([2H])c([2H])c([2H])c8[2H])(c8c([2H])c([2H])c([2H])c([2H])c8[2H])c8c([2H])c([2H])c([2H])c([2H])c8[2H])c7[2H])c7ccc([Si](c8c([2H])c([2H])c([2H])c([2H])c8[2H])(c8c([2H])c([2H])c([2H])c([2H])c8[2H])c8c([2H])c([2H])c([2H])c([2H])c8[2H])cc76)c5)cc43)cc2C([2H])([2H])[2H])c([2H])c1[2H]. The Kier molecular flexibility index (Phi) is 7.23. The van der Waals surface area contributed by atoms with Gasteiger partial charge in [-0.15, -0.1) is 0 Å². The van der Waals surface area contributed by atoms with Gasteiger partial charge in [0, 0.05) is 32.7 Å². The van der Waals surface area contributed by atoms with Gasteiger partial charge in [-0.25, -0.2) is 4.98 Å². The van der Waals surface area contributed by atoms with Crippen molar-refractivity contribution in [2.75, 3.05) is 0 Å². The lowest BCUT2D eigenvalue weighted by molar-refractivity contribution is -0.571. The molecule has 0 spiro atoms. The maximum absolute atomic E-state index is 11.2. The van der Waals surface area contributed by atoms with Gasteiger partial charge in [-0.05, 0) is 124 Å². The summed E-state index contributed by atoms with van der Waals surface area (Å²) in [7, 11) is -13.0. The van der Waals surface area contributed by atoms with Gasteiger partial charge in [0.05, 0.1) is 93.8 Å². The quantitative estimate of drug-likeness (QED) is 0.0418. The van der Waals surface area contributed by atoms with E-state index in [0.717, 1.165) is 51.7 Å². The minimum absolute atomic E-state index is 0.0240. The van der Waals surface area contributed by atoms with E-state index in [2.05, 4.69) is 11.3 Å². The van der Waals surface area contributed by atoms with Gasteiger partial charge in [-0.1, -0.05) is 327 Å². The van der Waals surface area contributed by atoms with Crippen LogP contribution in [0.4, 0.5) is 0 Å². The summed E-state index contributed by atoms with van der Waals surface area (Å²) in [6.07, 6.45) is 4.26. The molecule has 0 fully saturated rings. The van der Waals surface area contributed by atoms with Gasteiger partial charge in [-0.3, -0.25) is 13.7 Å². The third kappa shape index (κ3) is 10.3. The van der Waals surface area contributed by atoms with Crippen LogP contribution in [0.1, 0.15) is 70.0 Å². The fourth-order valence-corrected chi connectivity index (χ4v) is 19.7. The monoisotopic (exact) mass is 1330 g/mol. The van der Waals surface area contributed by atoms with Crippen LogP contribution in [0.3, 0.4) is 0 Å². The van der Waals surface area contributed by atoms with Gasteiger partial charge in [-0.2, -0.15) is 0 Å². The molecule has 0 N–H and O–H groups in total. The van der Waals surface area contributed by atoms with E-state index >= 15 is 0 Å². The smallest absolute Gasteiger partial charge is 0.269 e. The molecule has 17 aromatic rings. The van der Waals surface area contributed by atoms with Crippen molar-refractivity contribution in [1.82, 2.24) is 14.1 Å². The van der Waals surface area contributed by atoms with Crippen LogP contribution in [-0.4, -0.2) is 30.3 Å². The zero-order valence-electron chi connectivity index (χ0n) is 97.2. The maximum Gasteiger partial charge on any atom is 0.269 e. The number of pyridine rings is 1. The number of rotatable bonds is 16. The number of para-hydroxylation sites is 2. The van der Waals surface area contributed by atoms with Crippen LogP contribution >= 0.6 is 0 Å². The molecule has 0 amide bonds. The first kappa shape index (κ1) is 27.8. The molecule has 0 saturated carbocycles. The summed E-state index contributed by atoms with van der Waals surface area (Å²) < 4.78 is 455. The van der Waals surface area contributed by atoms with E-state index in [4.69, 9.17) is 25.3 Å². The maximum atomic E-state index is 11.2. The van der Waals surface area contributed by atoms with Gasteiger partial charge in [0.25, 0.3) is 6.33 Å². The largest absolute Gasteiger partial charge is 0.458 e. The topological polar surface area (TPSA) is 35.9 Å². The van der Waals surface area contributed by atoms with Crippen LogP contribution in [-0.2, 0) is 0 Å². The van der Waals surface area contributed by atoms with Crippen molar-refractivity contribution >= 4 is 90.5 Å². The molecule has 0 aliphatic carbocycles. The predicted molar refractivity (Wildman–Crippen MR) is 411 cm³/mol. The summed E-state index contributed by atoms with van der Waals surface area (Å²) in [6.45, 7) is -3.05. The first-order valence-electron chi connectivity index (χ1n) is 53.1. The van der Waals surface area contributed by atoms with Gasteiger partial charge in [0.2, 0.25) is 0 Å². The Morgan fingerprint density at radius 1 is 0.388 bits per heavy atom. The van der Waals surface area contributed by atoms with Crippen LogP contribution in [0.2, 0.25) is 0 Å². The number of fused-ring (bicyclic) bond motifs is 4. The number of nitrogens with zero attached hydrogens (tertiary/aromatic N) is 4. The van der Waals surface area contributed by atoms with Crippen molar-refractivity contribution in [3.8, 4) is 62.1 Å². The van der Waals surface area contributed by atoms with Gasteiger partial charge >= 0.3 is 0 Å². The van der Waals surface area contributed by atoms with Crippen LogP contribution in [0, 0.1) is 13.2 Å². The highest BCUT2D eigenvalue weighted by molar-refractivity contribution is 7.20. The van der Waals surface area contributed by atoms with Crippen LogP contribution in [0.15, 0.2) is 381 Å². The lowest BCUT2D eigenvalue weighted by atomic mass is 9.95. The van der Waals surface area contributed by atoms with E-state index in [1.165, 1.54) is 42.5 Å². The third-order valence-corrected chi connectivity index (χ3v) is 24.7. The van der Waals surface area contributed by atoms with E-state index in [0.29, 0.717) is 16.3 Å². The molecule has 0 radical (unpaired) electrons. The molecule has 0 aliphatic heterocycles. The molecule has 5 nitrogen and oxygen atoms in total.